The molecule has 2 aromatic heterocycles. The highest BCUT2D eigenvalue weighted by Gasteiger charge is 2.21. The second kappa shape index (κ2) is 3.96. The van der Waals surface area contributed by atoms with Gasteiger partial charge in [-0.3, -0.25) is 0 Å². The Morgan fingerprint density at radius 2 is 2.06 bits per heavy atom. The smallest absolute Gasteiger partial charge is 0.159 e. The molecule has 2 aromatic rings. The maximum atomic E-state index is 4.47. The predicted molar refractivity (Wildman–Crippen MR) is 65.1 cm³/mol. The molecule has 0 amide bonds. The largest absolute Gasteiger partial charge is 0.343 e. The van der Waals surface area contributed by atoms with E-state index >= 15 is 0 Å². The van der Waals surface area contributed by atoms with E-state index in [1.54, 1.807) is 9.58 Å². The summed E-state index contributed by atoms with van der Waals surface area (Å²) >= 11 is 0. The highest BCUT2D eigenvalue weighted by molar-refractivity contribution is 5.85. The minimum absolute atomic E-state index is 0.912. The van der Waals surface area contributed by atoms with E-state index in [0.29, 0.717) is 0 Å². The number of anilines is 1. The first-order valence-electron chi connectivity index (χ1n) is 5.96. The van der Waals surface area contributed by atoms with Gasteiger partial charge in [-0.05, 0) is 6.07 Å². The molecule has 0 saturated carbocycles. The normalized spacial score (nSPS) is 17.9. The maximum absolute atomic E-state index is 4.47. The zero-order valence-electron chi connectivity index (χ0n) is 10.2. The maximum Gasteiger partial charge on any atom is 0.159 e. The van der Waals surface area contributed by atoms with Gasteiger partial charge in [-0.1, -0.05) is 5.21 Å². The molecule has 1 N–H and O–H groups in total. The van der Waals surface area contributed by atoms with E-state index in [4.69, 9.17) is 0 Å². The first kappa shape index (κ1) is 10.5. The predicted octanol–water partition coefficient (Wildman–Crippen LogP) is -1.30. The second-order valence-corrected chi connectivity index (χ2v) is 4.66. The summed E-state index contributed by atoms with van der Waals surface area (Å²) in [7, 11) is 4.14. The van der Waals surface area contributed by atoms with Crippen molar-refractivity contribution in [3.63, 3.8) is 0 Å². The van der Waals surface area contributed by atoms with Crippen LogP contribution < -0.4 is 9.80 Å². The Bertz CT molecular complexity index is 526. The van der Waals surface area contributed by atoms with Crippen LogP contribution >= 0.6 is 0 Å². The lowest BCUT2D eigenvalue weighted by atomic mass is 10.3. The lowest BCUT2D eigenvalue weighted by molar-refractivity contribution is -0.880. The van der Waals surface area contributed by atoms with Crippen LogP contribution in [-0.2, 0) is 7.05 Å². The molecule has 1 aliphatic rings. The van der Waals surface area contributed by atoms with Crippen LogP contribution in [0.1, 0.15) is 0 Å². The van der Waals surface area contributed by atoms with Gasteiger partial charge < -0.3 is 9.80 Å². The molecular formula is C11H17N6+. The molecule has 6 nitrogen and oxygen atoms in total. The van der Waals surface area contributed by atoms with E-state index in [9.17, 15) is 0 Å². The third-order valence-corrected chi connectivity index (χ3v) is 3.43. The molecule has 0 aromatic carbocycles. The molecule has 6 heteroatoms. The molecule has 1 fully saturated rings. The monoisotopic (exact) mass is 233 g/mol. The second-order valence-electron chi connectivity index (χ2n) is 4.66. The van der Waals surface area contributed by atoms with Gasteiger partial charge in [0.2, 0.25) is 0 Å². The Balaban J connectivity index is 2.00. The number of hydrogen-bond acceptors (Lipinski definition) is 4. The van der Waals surface area contributed by atoms with Crippen molar-refractivity contribution in [2.75, 3.05) is 38.1 Å². The van der Waals surface area contributed by atoms with Crippen molar-refractivity contribution in [1.29, 1.82) is 0 Å². The summed E-state index contributed by atoms with van der Waals surface area (Å²) in [4.78, 5) is 8.36. The van der Waals surface area contributed by atoms with Crippen LogP contribution in [0.15, 0.2) is 12.3 Å². The number of aryl methyl sites for hydroxylation is 1. The summed E-state index contributed by atoms with van der Waals surface area (Å²) in [5.41, 5.74) is 1.95. The van der Waals surface area contributed by atoms with Crippen LogP contribution in [0, 0.1) is 0 Å². The number of aromatic nitrogens is 4. The number of nitrogens with zero attached hydrogens (tertiary/aromatic N) is 5. The van der Waals surface area contributed by atoms with Gasteiger partial charge >= 0.3 is 0 Å². The van der Waals surface area contributed by atoms with Gasteiger partial charge in [0.05, 0.1) is 38.7 Å². The standard InChI is InChI=1S/C11H16N6/c1-15-5-7-17(8-6-15)11-10-9(3-4-12-11)16(2)14-13-10/h3-4H,5-8H2,1-2H3/p+1. The van der Waals surface area contributed by atoms with E-state index in [2.05, 4.69) is 27.2 Å². The quantitative estimate of drug-likeness (QED) is 0.665. The number of pyridine rings is 1. The summed E-state index contributed by atoms with van der Waals surface area (Å²) in [5, 5.41) is 8.28. The number of likely N-dealkylation sites (N-methyl/N-ethyl adjacent to an activating group) is 1. The molecule has 0 bridgehead atoms. The van der Waals surface area contributed by atoms with Crippen molar-refractivity contribution in [1.82, 2.24) is 20.0 Å². The first-order valence-corrected chi connectivity index (χ1v) is 5.96. The number of nitrogens with one attached hydrogen (secondary N) is 1. The summed E-state index contributed by atoms with van der Waals surface area (Å²) < 4.78 is 1.79. The van der Waals surface area contributed by atoms with Gasteiger partial charge in [-0.2, -0.15) is 0 Å². The number of hydrogen-bond donors (Lipinski definition) is 1. The summed E-state index contributed by atoms with van der Waals surface area (Å²) in [6, 6.07) is 1.96. The third kappa shape index (κ3) is 1.74. The molecule has 0 spiro atoms. The SMILES string of the molecule is Cn1nnc2c(N3CC[NH+](C)CC3)nccc21. The summed E-state index contributed by atoms with van der Waals surface area (Å²) in [5.74, 6) is 0.975. The van der Waals surface area contributed by atoms with Crippen LogP contribution in [-0.4, -0.2) is 53.2 Å². The van der Waals surface area contributed by atoms with Crippen molar-refractivity contribution < 1.29 is 4.90 Å². The van der Waals surface area contributed by atoms with E-state index in [-0.39, 0.29) is 0 Å². The molecule has 3 heterocycles. The van der Waals surface area contributed by atoms with Crippen LogP contribution in [0.2, 0.25) is 0 Å². The Morgan fingerprint density at radius 3 is 2.82 bits per heavy atom. The zero-order valence-corrected chi connectivity index (χ0v) is 10.2. The van der Waals surface area contributed by atoms with E-state index < -0.39 is 0 Å². The molecule has 0 aliphatic carbocycles. The number of piperazine rings is 1. The molecule has 0 unspecified atom stereocenters. The molecule has 3 rings (SSSR count). The zero-order chi connectivity index (χ0) is 11.8. The minimum Gasteiger partial charge on any atom is -0.343 e. The summed E-state index contributed by atoms with van der Waals surface area (Å²) in [6.07, 6.45) is 1.84. The average molecular weight is 233 g/mol. The Labute approximate surface area is 99.8 Å². The van der Waals surface area contributed by atoms with Crippen molar-refractivity contribution in [3.8, 4) is 0 Å². The van der Waals surface area contributed by atoms with Crippen molar-refractivity contribution in [3.05, 3.63) is 12.3 Å². The molecule has 17 heavy (non-hydrogen) atoms. The molecule has 90 valence electrons. The van der Waals surface area contributed by atoms with Crippen molar-refractivity contribution in [2.45, 2.75) is 0 Å². The minimum atomic E-state index is 0.912. The first-order chi connectivity index (χ1) is 8.25. The van der Waals surface area contributed by atoms with Gasteiger partial charge in [0.1, 0.15) is 0 Å². The molecule has 1 saturated heterocycles. The topological polar surface area (TPSA) is 51.3 Å². The van der Waals surface area contributed by atoms with Gasteiger partial charge in [0.15, 0.2) is 11.3 Å². The Morgan fingerprint density at radius 1 is 1.29 bits per heavy atom. The Kier molecular flexibility index (Phi) is 2.44. The molecule has 1 aliphatic heterocycles. The lowest BCUT2D eigenvalue weighted by Crippen LogP contribution is -3.12. The van der Waals surface area contributed by atoms with Gasteiger partial charge in [0, 0.05) is 13.2 Å². The van der Waals surface area contributed by atoms with Crippen LogP contribution in [0.4, 0.5) is 5.82 Å². The van der Waals surface area contributed by atoms with E-state index in [0.717, 1.165) is 43.0 Å². The van der Waals surface area contributed by atoms with Crippen LogP contribution in [0.3, 0.4) is 0 Å². The number of rotatable bonds is 1. The molecule has 0 radical (unpaired) electrons. The highest BCUT2D eigenvalue weighted by Crippen LogP contribution is 2.21. The summed E-state index contributed by atoms with van der Waals surface area (Å²) in [6.45, 7) is 4.37. The molecule has 0 atom stereocenters. The molecular weight excluding hydrogens is 216 g/mol. The lowest BCUT2D eigenvalue weighted by Gasteiger charge is -2.30. The van der Waals surface area contributed by atoms with Gasteiger partial charge in [-0.25, -0.2) is 9.67 Å². The van der Waals surface area contributed by atoms with Gasteiger partial charge in [0.25, 0.3) is 0 Å². The van der Waals surface area contributed by atoms with Crippen LogP contribution in [0.5, 0.6) is 0 Å². The van der Waals surface area contributed by atoms with Crippen LogP contribution in [0.25, 0.3) is 11.0 Å². The fourth-order valence-electron chi connectivity index (χ4n) is 2.28. The average Bonchev–Trinajstić information content (AvgIpc) is 2.73. The van der Waals surface area contributed by atoms with E-state index in [1.807, 2.05) is 19.3 Å². The number of quaternary nitrogens is 1. The number of fused-ring (bicyclic) bond motifs is 1. The fourth-order valence-corrected chi connectivity index (χ4v) is 2.28. The van der Waals surface area contributed by atoms with E-state index in [1.165, 1.54) is 0 Å². The third-order valence-electron chi connectivity index (χ3n) is 3.43. The van der Waals surface area contributed by atoms with Gasteiger partial charge in [-0.15, -0.1) is 5.10 Å². The highest BCUT2D eigenvalue weighted by atomic mass is 15.4. The Hall–Kier alpha value is -1.69. The van der Waals surface area contributed by atoms with Crippen molar-refractivity contribution in [2.24, 2.45) is 7.05 Å². The fraction of sp³-hybridized carbons (Fsp3) is 0.545. The van der Waals surface area contributed by atoms with Crippen molar-refractivity contribution >= 4 is 16.9 Å².